The molecule has 23 heavy (non-hydrogen) atoms. The van der Waals surface area contributed by atoms with E-state index in [1.54, 1.807) is 0 Å². The molecule has 0 atom stereocenters. The molecule has 2 rings (SSSR count). The third kappa shape index (κ3) is 5.72. The van der Waals surface area contributed by atoms with Gasteiger partial charge in [0.15, 0.2) is 5.78 Å². The monoisotopic (exact) mass is 317 g/mol. The van der Waals surface area contributed by atoms with Gasteiger partial charge in [0, 0.05) is 44.7 Å². The smallest absolute Gasteiger partial charge is 0.163 e. The molecule has 0 unspecified atom stereocenters. The first-order chi connectivity index (χ1) is 11.2. The first-order valence-electron chi connectivity index (χ1n) is 9.00. The zero-order chi connectivity index (χ0) is 16.5. The summed E-state index contributed by atoms with van der Waals surface area (Å²) in [4.78, 5) is 17.4. The Morgan fingerprint density at radius 1 is 1.04 bits per heavy atom. The van der Waals surface area contributed by atoms with Crippen molar-refractivity contribution < 1.29 is 4.79 Å². The highest BCUT2D eigenvalue weighted by Gasteiger charge is 2.16. The number of hydrogen-bond acceptors (Lipinski definition) is 4. The number of rotatable bonds is 9. The van der Waals surface area contributed by atoms with Crippen LogP contribution in [0.15, 0.2) is 24.3 Å². The zero-order valence-corrected chi connectivity index (χ0v) is 14.5. The van der Waals surface area contributed by atoms with Crippen LogP contribution in [0.3, 0.4) is 0 Å². The van der Waals surface area contributed by atoms with Crippen LogP contribution in [0.4, 0.5) is 0 Å². The number of piperazine rings is 1. The summed E-state index contributed by atoms with van der Waals surface area (Å²) in [6.07, 6.45) is 4.13. The molecule has 0 radical (unpaired) electrons. The van der Waals surface area contributed by atoms with Gasteiger partial charge < -0.3 is 15.5 Å². The second-order valence-corrected chi connectivity index (χ2v) is 6.42. The van der Waals surface area contributed by atoms with Crippen LogP contribution in [0.2, 0.25) is 0 Å². The molecule has 128 valence electrons. The molecular formula is C19H31N3O. The lowest BCUT2D eigenvalue weighted by molar-refractivity contribution is 0.0960. The molecule has 4 nitrogen and oxygen atoms in total. The van der Waals surface area contributed by atoms with Crippen LogP contribution in [-0.2, 0) is 6.54 Å². The summed E-state index contributed by atoms with van der Waals surface area (Å²) < 4.78 is 0. The van der Waals surface area contributed by atoms with E-state index in [4.69, 9.17) is 5.73 Å². The van der Waals surface area contributed by atoms with Gasteiger partial charge in [0.25, 0.3) is 0 Å². The summed E-state index contributed by atoms with van der Waals surface area (Å²) in [5.41, 5.74) is 7.48. The molecule has 0 saturated carbocycles. The third-order valence-electron chi connectivity index (χ3n) is 4.71. The summed E-state index contributed by atoms with van der Waals surface area (Å²) in [6.45, 7) is 9.55. The second-order valence-electron chi connectivity index (χ2n) is 6.42. The Morgan fingerprint density at radius 3 is 2.26 bits per heavy atom. The lowest BCUT2D eigenvalue weighted by atomic mass is 10.0. The van der Waals surface area contributed by atoms with Crippen LogP contribution < -0.4 is 5.73 Å². The van der Waals surface area contributed by atoms with E-state index in [9.17, 15) is 4.79 Å². The van der Waals surface area contributed by atoms with Crippen LogP contribution in [-0.4, -0.2) is 54.9 Å². The van der Waals surface area contributed by atoms with Gasteiger partial charge in [0.1, 0.15) is 0 Å². The van der Waals surface area contributed by atoms with Gasteiger partial charge in [-0.2, -0.15) is 0 Å². The van der Waals surface area contributed by atoms with E-state index in [0.717, 1.165) is 37.2 Å². The first kappa shape index (κ1) is 18.1. The molecule has 2 N–H and O–H groups in total. The molecule has 1 aromatic carbocycles. The summed E-state index contributed by atoms with van der Waals surface area (Å²) in [7, 11) is 0. The van der Waals surface area contributed by atoms with E-state index in [1.165, 1.54) is 32.5 Å². The van der Waals surface area contributed by atoms with Crippen molar-refractivity contribution in [3.63, 3.8) is 0 Å². The summed E-state index contributed by atoms with van der Waals surface area (Å²) >= 11 is 0. The topological polar surface area (TPSA) is 49.6 Å². The van der Waals surface area contributed by atoms with Crippen molar-refractivity contribution in [3.8, 4) is 0 Å². The molecule has 4 heteroatoms. The number of nitrogens with two attached hydrogens (primary N) is 1. The van der Waals surface area contributed by atoms with Crippen molar-refractivity contribution in [1.29, 1.82) is 0 Å². The minimum absolute atomic E-state index is 0.229. The highest BCUT2D eigenvalue weighted by Crippen LogP contribution is 2.12. The summed E-state index contributed by atoms with van der Waals surface area (Å²) in [6, 6.07) is 7.71. The molecular weight excluding hydrogens is 286 g/mol. The Hall–Kier alpha value is -1.23. The summed E-state index contributed by atoms with van der Waals surface area (Å²) in [5, 5.41) is 0. The number of nitrogens with zero attached hydrogens (tertiary/aromatic N) is 2. The van der Waals surface area contributed by atoms with Crippen molar-refractivity contribution in [3.05, 3.63) is 35.4 Å². The number of carbonyl (C=O) groups is 1. The van der Waals surface area contributed by atoms with E-state index < -0.39 is 0 Å². The van der Waals surface area contributed by atoms with Gasteiger partial charge in [-0.3, -0.25) is 4.79 Å². The van der Waals surface area contributed by atoms with Gasteiger partial charge in [0.2, 0.25) is 0 Å². The van der Waals surface area contributed by atoms with Gasteiger partial charge in [0.05, 0.1) is 0 Å². The van der Waals surface area contributed by atoms with Crippen LogP contribution in [0.25, 0.3) is 0 Å². The standard InChI is InChI=1S/C19H31N3O/c1-2-3-10-21-12-14-22(15-13-21)11-6-9-19(23)18-8-5-4-7-17(18)16-20/h4-5,7-8H,2-3,6,9-16,20H2,1H3. The number of benzene rings is 1. The predicted octanol–water partition coefficient (Wildman–Crippen LogP) is 2.53. The highest BCUT2D eigenvalue weighted by atomic mass is 16.1. The molecule has 0 aliphatic carbocycles. The SMILES string of the molecule is CCCCN1CCN(CCCC(=O)c2ccccc2CN)CC1. The van der Waals surface area contributed by atoms with E-state index in [1.807, 2.05) is 24.3 Å². The Bertz CT molecular complexity index is 481. The normalized spacial score (nSPS) is 16.6. The molecule has 0 bridgehead atoms. The van der Waals surface area contributed by atoms with Crippen molar-refractivity contribution in [2.24, 2.45) is 5.73 Å². The van der Waals surface area contributed by atoms with Gasteiger partial charge >= 0.3 is 0 Å². The fourth-order valence-electron chi connectivity index (χ4n) is 3.19. The van der Waals surface area contributed by atoms with Gasteiger partial charge in [-0.25, -0.2) is 0 Å². The minimum atomic E-state index is 0.229. The second kappa shape index (κ2) is 9.81. The van der Waals surface area contributed by atoms with E-state index >= 15 is 0 Å². The van der Waals surface area contributed by atoms with Crippen molar-refractivity contribution in [2.45, 2.75) is 39.2 Å². The van der Waals surface area contributed by atoms with Crippen LogP contribution in [0.1, 0.15) is 48.5 Å². The highest BCUT2D eigenvalue weighted by molar-refractivity contribution is 5.97. The molecule has 1 heterocycles. The number of unbranched alkanes of at least 4 members (excludes halogenated alkanes) is 1. The maximum atomic E-state index is 12.4. The quantitative estimate of drug-likeness (QED) is 0.711. The molecule has 0 aromatic heterocycles. The average Bonchev–Trinajstić information content (AvgIpc) is 2.61. The molecule has 0 amide bonds. The van der Waals surface area contributed by atoms with Crippen molar-refractivity contribution in [2.75, 3.05) is 39.3 Å². The molecule has 1 saturated heterocycles. The van der Waals surface area contributed by atoms with Crippen molar-refractivity contribution in [1.82, 2.24) is 9.80 Å². The lowest BCUT2D eigenvalue weighted by Crippen LogP contribution is -2.46. The Kier molecular flexibility index (Phi) is 7.72. The van der Waals surface area contributed by atoms with E-state index in [-0.39, 0.29) is 5.78 Å². The largest absolute Gasteiger partial charge is 0.326 e. The summed E-state index contributed by atoms with van der Waals surface area (Å²) in [5.74, 6) is 0.229. The van der Waals surface area contributed by atoms with Gasteiger partial charge in [-0.1, -0.05) is 37.6 Å². The Labute approximate surface area is 140 Å². The fraction of sp³-hybridized carbons (Fsp3) is 0.632. The first-order valence-corrected chi connectivity index (χ1v) is 9.00. The Morgan fingerprint density at radius 2 is 1.65 bits per heavy atom. The van der Waals surface area contributed by atoms with Crippen LogP contribution in [0, 0.1) is 0 Å². The minimum Gasteiger partial charge on any atom is -0.326 e. The fourth-order valence-corrected chi connectivity index (χ4v) is 3.19. The average molecular weight is 317 g/mol. The molecule has 0 spiro atoms. The lowest BCUT2D eigenvalue weighted by Gasteiger charge is -2.34. The molecule has 1 aromatic rings. The van der Waals surface area contributed by atoms with Gasteiger partial charge in [-0.05, 0) is 31.5 Å². The maximum absolute atomic E-state index is 12.4. The molecule has 1 aliphatic rings. The number of hydrogen-bond donors (Lipinski definition) is 1. The number of ketones is 1. The van der Waals surface area contributed by atoms with Gasteiger partial charge in [-0.15, -0.1) is 0 Å². The van der Waals surface area contributed by atoms with E-state index in [2.05, 4.69) is 16.7 Å². The molecule has 1 aliphatic heterocycles. The number of Topliss-reactive ketones (excluding diaryl/α,β-unsaturated/α-hetero) is 1. The van der Waals surface area contributed by atoms with Crippen LogP contribution >= 0.6 is 0 Å². The number of carbonyl (C=O) groups excluding carboxylic acids is 1. The van der Waals surface area contributed by atoms with E-state index in [0.29, 0.717) is 13.0 Å². The molecule has 1 fully saturated rings. The zero-order valence-electron chi connectivity index (χ0n) is 14.5. The van der Waals surface area contributed by atoms with Crippen molar-refractivity contribution >= 4 is 5.78 Å². The Balaban J connectivity index is 1.68. The maximum Gasteiger partial charge on any atom is 0.163 e. The predicted molar refractivity (Wildman–Crippen MR) is 95.7 cm³/mol. The third-order valence-corrected chi connectivity index (χ3v) is 4.71. The van der Waals surface area contributed by atoms with Crippen LogP contribution in [0.5, 0.6) is 0 Å².